The fourth-order valence-electron chi connectivity index (χ4n) is 4.80. The maximum absolute atomic E-state index is 6.40. The zero-order valence-corrected chi connectivity index (χ0v) is 19.3. The summed E-state index contributed by atoms with van der Waals surface area (Å²) in [4.78, 5) is 10.7. The van der Waals surface area contributed by atoms with E-state index in [9.17, 15) is 0 Å². The molecule has 1 aliphatic carbocycles. The largest absolute Gasteiger partial charge is 0.462 e. The summed E-state index contributed by atoms with van der Waals surface area (Å²) in [5.41, 5.74) is 7.90. The van der Waals surface area contributed by atoms with Crippen molar-refractivity contribution >= 4 is 58.0 Å². The molecular weight excluding hydrogens is 459 g/mol. The predicted molar refractivity (Wildman–Crippen MR) is 126 cm³/mol. The molecule has 2 fully saturated rings. The topological polar surface area (TPSA) is 73.5 Å². The van der Waals surface area contributed by atoms with E-state index in [0.717, 1.165) is 42.5 Å². The monoisotopic (exact) mass is 480 g/mol. The molecule has 9 heteroatoms. The van der Waals surface area contributed by atoms with Gasteiger partial charge in [-0.15, -0.1) is 12.4 Å². The summed E-state index contributed by atoms with van der Waals surface area (Å²) in [6, 6.07) is 11.5. The normalized spacial score (nSPS) is 24.8. The average Bonchev–Trinajstić information content (AvgIpc) is 3.27. The molecular formula is C22H23Cl3N4O2. The van der Waals surface area contributed by atoms with Gasteiger partial charge < -0.3 is 20.1 Å². The number of nitrogen functional groups attached to an aromatic ring is 1. The first-order chi connectivity index (χ1) is 14.5. The number of hydrogen-bond acceptors (Lipinski definition) is 6. The third-order valence-electron chi connectivity index (χ3n) is 6.30. The smallest absolute Gasteiger partial charge is 0.210 e. The van der Waals surface area contributed by atoms with Gasteiger partial charge in [-0.1, -0.05) is 23.2 Å². The van der Waals surface area contributed by atoms with E-state index in [0.29, 0.717) is 33.4 Å². The Kier molecular flexibility index (Phi) is 6.10. The van der Waals surface area contributed by atoms with Gasteiger partial charge in [0.2, 0.25) is 5.79 Å². The maximum atomic E-state index is 6.40. The van der Waals surface area contributed by atoms with Gasteiger partial charge in [0, 0.05) is 44.1 Å². The maximum Gasteiger partial charge on any atom is 0.210 e. The second kappa shape index (κ2) is 8.51. The Morgan fingerprint density at radius 1 is 1.03 bits per heavy atom. The number of benzene rings is 2. The van der Waals surface area contributed by atoms with Gasteiger partial charge in [0.05, 0.1) is 15.6 Å². The Labute approximate surface area is 197 Å². The van der Waals surface area contributed by atoms with Crippen LogP contribution >= 0.6 is 35.6 Å². The van der Waals surface area contributed by atoms with Crippen molar-refractivity contribution in [3.63, 3.8) is 0 Å². The van der Waals surface area contributed by atoms with Crippen LogP contribution in [0.4, 0.5) is 11.5 Å². The van der Waals surface area contributed by atoms with Crippen LogP contribution in [0.15, 0.2) is 42.7 Å². The standard InChI is InChI=1S/C22H22Cl2N4O2.ClH/c1-29-22(30-16-3-5-20-17(7-16)21(25)27-12-26-20)8-13-10-28(11-14(13)9-22)15-2-4-18(23)19(24)6-15;/h2-7,12-14H,8-11H2,1H3,(H2,25,26,27);1H. The Balaban J connectivity index is 0.00000231. The van der Waals surface area contributed by atoms with Crippen molar-refractivity contribution in [2.24, 2.45) is 11.8 Å². The molecule has 1 aromatic heterocycles. The summed E-state index contributed by atoms with van der Waals surface area (Å²) in [6.45, 7) is 1.88. The third kappa shape index (κ3) is 4.10. The van der Waals surface area contributed by atoms with Gasteiger partial charge in [0.1, 0.15) is 17.9 Å². The number of ether oxygens (including phenoxy) is 2. The minimum Gasteiger partial charge on any atom is -0.462 e. The lowest BCUT2D eigenvalue weighted by Crippen LogP contribution is -2.37. The fraction of sp³-hybridized carbons (Fsp3) is 0.364. The predicted octanol–water partition coefficient (Wildman–Crippen LogP) is 5.21. The highest BCUT2D eigenvalue weighted by Gasteiger charge is 2.51. The van der Waals surface area contributed by atoms with Gasteiger partial charge in [-0.2, -0.15) is 0 Å². The fourth-order valence-corrected chi connectivity index (χ4v) is 5.09. The zero-order valence-electron chi connectivity index (χ0n) is 16.9. The quantitative estimate of drug-likeness (QED) is 0.516. The van der Waals surface area contributed by atoms with Crippen molar-refractivity contribution < 1.29 is 9.47 Å². The van der Waals surface area contributed by atoms with Crippen molar-refractivity contribution in [1.29, 1.82) is 0 Å². The molecule has 6 nitrogen and oxygen atoms in total. The highest BCUT2D eigenvalue weighted by molar-refractivity contribution is 6.42. The lowest BCUT2D eigenvalue weighted by Gasteiger charge is -2.31. The first-order valence-electron chi connectivity index (χ1n) is 9.91. The molecule has 3 aromatic rings. The number of nitrogens with two attached hydrogens (primary N) is 1. The van der Waals surface area contributed by atoms with E-state index >= 15 is 0 Å². The van der Waals surface area contributed by atoms with Crippen molar-refractivity contribution in [1.82, 2.24) is 9.97 Å². The molecule has 2 unspecified atom stereocenters. The summed E-state index contributed by atoms with van der Waals surface area (Å²) in [6.07, 6.45) is 3.11. The molecule has 31 heavy (non-hydrogen) atoms. The molecule has 1 saturated heterocycles. The van der Waals surface area contributed by atoms with Crippen LogP contribution in [0.5, 0.6) is 5.75 Å². The summed E-state index contributed by atoms with van der Waals surface area (Å²) < 4.78 is 12.3. The highest BCUT2D eigenvalue weighted by atomic mass is 35.5. The van der Waals surface area contributed by atoms with E-state index in [4.69, 9.17) is 38.4 Å². The van der Waals surface area contributed by atoms with Crippen molar-refractivity contribution in [3.05, 3.63) is 52.8 Å². The van der Waals surface area contributed by atoms with Crippen LogP contribution in [-0.4, -0.2) is 36.0 Å². The molecule has 2 heterocycles. The number of fused-ring (bicyclic) bond motifs is 2. The lowest BCUT2D eigenvalue weighted by molar-refractivity contribution is -0.161. The lowest BCUT2D eigenvalue weighted by atomic mass is 10.0. The van der Waals surface area contributed by atoms with Crippen LogP contribution in [0.25, 0.3) is 10.9 Å². The minimum atomic E-state index is -0.642. The number of nitrogens with zero attached hydrogens (tertiary/aromatic N) is 3. The number of rotatable bonds is 4. The first-order valence-corrected chi connectivity index (χ1v) is 10.7. The molecule has 1 aliphatic heterocycles. The van der Waals surface area contributed by atoms with Crippen molar-refractivity contribution in [3.8, 4) is 5.75 Å². The van der Waals surface area contributed by atoms with Gasteiger partial charge >= 0.3 is 0 Å². The Bertz CT molecular complexity index is 1100. The molecule has 0 bridgehead atoms. The first kappa shape index (κ1) is 22.2. The molecule has 5 rings (SSSR count). The Morgan fingerprint density at radius 3 is 2.45 bits per heavy atom. The molecule has 0 radical (unpaired) electrons. The number of anilines is 2. The number of hydrogen-bond donors (Lipinski definition) is 1. The average molecular weight is 482 g/mol. The summed E-state index contributed by atoms with van der Waals surface area (Å²) in [7, 11) is 1.72. The van der Waals surface area contributed by atoms with E-state index in [1.807, 2.05) is 36.4 Å². The van der Waals surface area contributed by atoms with E-state index in [-0.39, 0.29) is 12.4 Å². The molecule has 2 N–H and O–H groups in total. The van der Waals surface area contributed by atoms with E-state index in [1.54, 1.807) is 7.11 Å². The second-order valence-corrected chi connectivity index (χ2v) is 8.90. The number of aromatic nitrogens is 2. The molecule has 2 aromatic carbocycles. The SMILES string of the molecule is COC1(Oc2ccc3ncnc(N)c3c2)CC2CN(c3ccc(Cl)c(Cl)c3)CC2C1.Cl. The highest BCUT2D eigenvalue weighted by Crippen LogP contribution is 2.47. The molecule has 2 atom stereocenters. The van der Waals surface area contributed by atoms with Crippen LogP contribution in [-0.2, 0) is 4.74 Å². The van der Waals surface area contributed by atoms with Gasteiger partial charge in [0.25, 0.3) is 0 Å². The van der Waals surface area contributed by atoms with Crippen molar-refractivity contribution in [2.75, 3.05) is 30.8 Å². The van der Waals surface area contributed by atoms with Crippen LogP contribution in [0, 0.1) is 11.8 Å². The van der Waals surface area contributed by atoms with Gasteiger partial charge in [-0.25, -0.2) is 9.97 Å². The Hall–Kier alpha value is -1.99. The van der Waals surface area contributed by atoms with Crippen molar-refractivity contribution in [2.45, 2.75) is 18.6 Å². The molecule has 0 amide bonds. The van der Waals surface area contributed by atoms with Crippen LogP contribution < -0.4 is 15.4 Å². The van der Waals surface area contributed by atoms with Gasteiger partial charge in [-0.05, 0) is 48.2 Å². The van der Waals surface area contributed by atoms with Crippen LogP contribution in [0.1, 0.15) is 12.8 Å². The number of halogens is 3. The zero-order chi connectivity index (χ0) is 20.9. The Morgan fingerprint density at radius 2 is 1.77 bits per heavy atom. The van der Waals surface area contributed by atoms with Gasteiger partial charge in [-0.3, -0.25) is 0 Å². The van der Waals surface area contributed by atoms with Gasteiger partial charge in [0.15, 0.2) is 0 Å². The summed E-state index contributed by atoms with van der Waals surface area (Å²) in [5, 5.41) is 1.94. The summed E-state index contributed by atoms with van der Waals surface area (Å²) in [5.74, 6) is 1.48. The second-order valence-electron chi connectivity index (χ2n) is 8.09. The third-order valence-corrected chi connectivity index (χ3v) is 7.04. The van der Waals surface area contributed by atoms with E-state index < -0.39 is 5.79 Å². The molecule has 164 valence electrons. The van der Waals surface area contributed by atoms with E-state index in [2.05, 4.69) is 14.9 Å². The molecule has 0 spiro atoms. The van der Waals surface area contributed by atoms with Crippen LogP contribution in [0.3, 0.4) is 0 Å². The van der Waals surface area contributed by atoms with E-state index in [1.165, 1.54) is 6.33 Å². The number of methoxy groups -OCH3 is 1. The van der Waals surface area contributed by atoms with Crippen LogP contribution in [0.2, 0.25) is 10.0 Å². The molecule has 1 saturated carbocycles. The minimum absolute atomic E-state index is 0. The summed E-state index contributed by atoms with van der Waals surface area (Å²) >= 11 is 12.3. The molecule has 2 aliphatic rings.